The average molecular weight is 254 g/mol. The summed E-state index contributed by atoms with van der Waals surface area (Å²) in [6.45, 7) is 0.880. The highest BCUT2D eigenvalue weighted by molar-refractivity contribution is 7.19. The van der Waals surface area contributed by atoms with Crippen LogP contribution in [0.3, 0.4) is 0 Å². The number of halogens is 1. The van der Waals surface area contributed by atoms with Crippen molar-refractivity contribution in [1.29, 1.82) is 0 Å². The van der Waals surface area contributed by atoms with E-state index < -0.39 is 0 Å². The molecule has 3 nitrogen and oxygen atoms in total. The molecule has 0 fully saturated rings. The molecule has 1 N–H and O–H groups in total. The number of thiazole rings is 1. The van der Waals surface area contributed by atoms with Crippen LogP contribution in [0.15, 0.2) is 24.4 Å². The van der Waals surface area contributed by atoms with Crippen LogP contribution in [-0.2, 0) is 6.42 Å². The van der Waals surface area contributed by atoms with E-state index in [1.54, 1.807) is 6.20 Å². The molecule has 0 aliphatic rings. The lowest BCUT2D eigenvalue weighted by Crippen LogP contribution is -2.10. The van der Waals surface area contributed by atoms with Crippen molar-refractivity contribution in [3.63, 3.8) is 0 Å². The molecule has 2 rings (SSSR count). The van der Waals surface area contributed by atoms with E-state index in [0.717, 1.165) is 33.7 Å². The minimum atomic E-state index is 0.760. The number of nitrogens with zero attached hydrogens (tertiary/aromatic N) is 2. The Hall–Kier alpha value is -0.970. The van der Waals surface area contributed by atoms with Gasteiger partial charge in [-0.1, -0.05) is 29.0 Å². The normalized spacial score (nSPS) is 10.6. The van der Waals surface area contributed by atoms with E-state index in [2.05, 4.69) is 15.3 Å². The summed E-state index contributed by atoms with van der Waals surface area (Å²) in [5.74, 6) is 0. The molecule has 2 aromatic heterocycles. The quantitative estimate of drug-likeness (QED) is 0.910. The SMILES string of the molecule is CNCCc1nc(-c2ccccn2)sc1Cl. The third-order valence-corrected chi connectivity index (χ3v) is 3.50. The average Bonchev–Trinajstić information content (AvgIpc) is 2.69. The van der Waals surface area contributed by atoms with Gasteiger partial charge in [0.1, 0.15) is 9.34 Å². The Morgan fingerprint density at radius 2 is 2.31 bits per heavy atom. The van der Waals surface area contributed by atoms with E-state index in [-0.39, 0.29) is 0 Å². The molecule has 0 spiro atoms. The first-order valence-electron chi connectivity index (χ1n) is 5.02. The fraction of sp³-hybridized carbons (Fsp3) is 0.273. The lowest BCUT2D eigenvalue weighted by atomic mass is 10.3. The van der Waals surface area contributed by atoms with Crippen LogP contribution >= 0.6 is 22.9 Å². The first-order chi connectivity index (χ1) is 7.81. The van der Waals surface area contributed by atoms with Gasteiger partial charge >= 0.3 is 0 Å². The molecule has 0 saturated carbocycles. The minimum Gasteiger partial charge on any atom is -0.319 e. The molecule has 0 bridgehead atoms. The highest BCUT2D eigenvalue weighted by Crippen LogP contribution is 2.30. The van der Waals surface area contributed by atoms with Crippen LogP contribution < -0.4 is 5.32 Å². The second-order valence-corrected chi connectivity index (χ2v) is 4.91. The monoisotopic (exact) mass is 253 g/mol. The Bertz CT molecular complexity index is 456. The van der Waals surface area contributed by atoms with Crippen LogP contribution in [0.1, 0.15) is 5.69 Å². The summed E-state index contributed by atoms with van der Waals surface area (Å²) in [6.07, 6.45) is 2.61. The van der Waals surface area contributed by atoms with Crippen molar-refractivity contribution in [2.75, 3.05) is 13.6 Å². The lowest BCUT2D eigenvalue weighted by molar-refractivity contribution is 0.780. The topological polar surface area (TPSA) is 37.8 Å². The van der Waals surface area contributed by atoms with Crippen molar-refractivity contribution >= 4 is 22.9 Å². The maximum Gasteiger partial charge on any atom is 0.143 e. The summed E-state index contributed by atoms with van der Waals surface area (Å²) in [7, 11) is 1.92. The zero-order valence-electron chi connectivity index (χ0n) is 8.90. The largest absolute Gasteiger partial charge is 0.319 e. The molecule has 0 aliphatic heterocycles. The molecule has 0 aromatic carbocycles. The number of hydrogen-bond donors (Lipinski definition) is 1. The van der Waals surface area contributed by atoms with Gasteiger partial charge in [0.05, 0.1) is 11.4 Å². The van der Waals surface area contributed by atoms with Crippen LogP contribution in [0.25, 0.3) is 10.7 Å². The van der Waals surface area contributed by atoms with Crippen LogP contribution in [0.4, 0.5) is 0 Å². The van der Waals surface area contributed by atoms with Crippen molar-refractivity contribution in [3.8, 4) is 10.7 Å². The molecule has 0 saturated heterocycles. The number of rotatable bonds is 4. The molecule has 0 unspecified atom stereocenters. The van der Waals surface area contributed by atoms with Gasteiger partial charge in [-0.3, -0.25) is 4.98 Å². The van der Waals surface area contributed by atoms with Crippen molar-refractivity contribution in [3.05, 3.63) is 34.4 Å². The first kappa shape index (κ1) is 11.5. The van der Waals surface area contributed by atoms with E-state index in [4.69, 9.17) is 11.6 Å². The molecule has 0 amide bonds. The third-order valence-electron chi connectivity index (χ3n) is 2.15. The predicted molar refractivity (Wildman–Crippen MR) is 68.0 cm³/mol. The van der Waals surface area contributed by atoms with Gasteiger partial charge < -0.3 is 5.32 Å². The van der Waals surface area contributed by atoms with Gasteiger partial charge in [-0.25, -0.2) is 4.98 Å². The number of likely N-dealkylation sites (N-methyl/N-ethyl adjacent to an activating group) is 1. The summed E-state index contributed by atoms with van der Waals surface area (Å²) in [4.78, 5) is 8.76. The van der Waals surface area contributed by atoms with E-state index >= 15 is 0 Å². The molecule has 5 heteroatoms. The molecular weight excluding hydrogens is 242 g/mol. The number of aromatic nitrogens is 2. The molecule has 84 valence electrons. The molecular formula is C11H12ClN3S. The molecule has 2 aromatic rings. The summed E-state index contributed by atoms with van der Waals surface area (Å²) in [5.41, 5.74) is 1.83. The summed E-state index contributed by atoms with van der Waals surface area (Å²) in [6, 6.07) is 5.78. The maximum absolute atomic E-state index is 6.13. The standard InChI is InChI=1S/C11H12ClN3S/c1-13-7-5-8-10(12)16-11(15-8)9-4-2-3-6-14-9/h2-4,6,13H,5,7H2,1H3. The number of nitrogens with one attached hydrogen (secondary N) is 1. The predicted octanol–water partition coefficient (Wildman–Crippen LogP) is 2.62. The molecule has 0 radical (unpaired) electrons. The highest BCUT2D eigenvalue weighted by Gasteiger charge is 2.10. The Kier molecular flexibility index (Phi) is 3.88. The van der Waals surface area contributed by atoms with Gasteiger partial charge in [0.25, 0.3) is 0 Å². The van der Waals surface area contributed by atoms with Crippen molar-refractivity contribution < 1.29 is 0 Å². The maximum atomic E-state index is 6.13. The van der Waals surface area contributed by atoms with Crippen molar-refractivity contribution in [2.24, 2.45) is 0 Å². The summed E-state index contributed by atoms with van der Waals surface area (Å²) >= 11 is 7.61. The van der Waals surface area contributed by atoms with Gasteiger partial charge in [0.15, 0.2) is 0 Å². The first-order valence-corrected chi connectivity index (χ1v) is 6.22. The van der Waals surface area contributed by atoms with E-state index in [1.165, 1.54) is 11.3 Å². The van der Waals surface area contributed by atoms with E-state index in [0.29, 0.717) is 0 Å². The van der Waals surface area contributed by atoms with Gasteiger partial charge in [-0.2, -0.15) is 0 Å². The van der Waals surface area contributed by atoms with Gasteiger partial charge in [0, 0.05) is 19.2 Å². The van der Waals surface area contributed by atoms with Crippen LogP contribution in [0.2, 0.25) is 4.34 Å². The molecule has 16 heavy (non-hydrogen) atoms. The Morgan fingerprint density at radius 3 is 3.00 bits per heavy atom. The highest BCUT2D eigenvalue weighted by atomic mass is 35.5. The van der Waals surface area contributed by atoms with Gasteiger partial charge in [-0.15, -0.1) is 0 Å². The number of pyridine rings is 1. The Balaban J connectivity index is 2.24. The molecule has 0 aliphatic carbocycles. The Labute approximate surface area is 104 Å². The lowest BCUT2D eigenvalue weighted by Gasteiger charge is -1.95. The van der Waals surface area contributed by atoms with Gasteiger partial charge in [-0.05, 0) is 19.2 Å². The fourth-order valence-electron chi connectivity index (χ4n) is 1.33. The third kappa shape index (κ3) is 2.58. The van der Waals surface area contributed by atoms with Crippen LogP contribution in [-0.4, -0.2) is 23.6 Å². The molecule has 2 heterocycles. The smallest absolute Gasteiger partial charge is 0.143 e. The summed E-state index contributed by atoms with van der Waals surface area (Å²) < 4.78 is 0.760. The van der Waals surface area contributed by atoms with Crippen LogP contribution in [0.5, 0.6) is 0 Å². The second kappa shape index (κ2) is 5.39. The zero-order valence-corrected chi connectivity index (χ0v) is 10.5. The van der Waals surface area contributed by atoms with Crippen LogP contribution in [0, 0.1) is 0 Å². The van der Waals surface area contributed by atoms with E-state index in [9.17, 15) is 0 Å². The zero-order chi connectivity index (χ0) is 11.4. The van der Waals surface area contributed by atoms with Crippen molar-refractivity contribution in [1.82, 2.24) is 15.3 Å². The fourth-order valence-corrected chi connectivity index (χ4v) is 2.50. The minimum absolute atomic E-state index is 0.760. The Morgan fingerprint density at radius 1 is 1.44 bits per heavy atom. The second-order valence-electron chi connectivity index (χ2n) is 3.31. The van der Waals surface area contributed by atoms with Gasteiger partial charge in [0.2, 0.25) is 0 Å². The molecule has 0 atom stereocenters. The number of hydrogen-bond acceptors (Lipinski definition) is 4. The van der Waals surface area contributed by atoms with E-state index in [1.807, 2.05) is 25.2 Å². The summed E-state index contributed by atoms with van der Waals surface area (Å²) in [5, 5.41) is 3.97. The van der Waals surface area contributed by atoms with Crippen molar-refractivity contribution in [2.45, 2.75) is 6.42 Å².